The van der Waals surface area contributed by atoms with Crippen LogP contribution >= 0.6 is 11.3 Å². The van der Waals surface area contributed by atoms with E-state index in [4.69, 9.17) is 0 Å². The van der Waals surface area contributed by atoms with Crippen LogP contribution in [0.2, 0.25) is 0 Å². The monoisotopic (exact) mass is 400 g/mol. The molecule has 2 heterocycles. The fourth-order valence-electron chi connectivity index (χ4n) is 4.07. The molecule has 3 rings (SSSR count). The van der Waals surface area contributed by atoms with E-state index >= 15 is 0 Å². The largest absolute Gasteiger partial charge is 0.348 e. The molecule has 0 aromatic carbocycles. The fraction of sp³-hybridized carbons (Fsp3) is 0.524. The van der Waals surface area contributed by atoms with Crippen LogP contribution in [0.1, 0.15) is 76.3 Å². The molecule has 2 unspecified atom stereocenters. The number of hydrogen-bond donors (Lipinski definition) is 2. The van der Waals surface area contributed by atoms with Crippen molar-refractivity contribution >= 4 is 23.2 Å². The SMILES string of the molecule is CCCC1(NC(=O)c2cnc(C)s2)CCCC(NC(=O)c2cccc(C)n2)C1. The Kier molecular flexibility index (Phi) is 6.44. The summed E-state index contributed by atoms with van der Waals surface area (Å²) in [4.78, 5) is 34.5. The Bertz CT molecular complexity index is 846. The van der Waals surface area contributed by atoms with Crippen LogP contribution in [0.4, 0.5) is 0 Å². The zero-order chi connectivity index (χ0) is 20.1. The summed E-state index contributed by atoms with van der Waals surface area (Å²) >= 11 is 1.41. The molecule has 2 amide bonds. The van der Waals surface area contributed by atoms with Crippen molar-refractivity contribution in [1.29, 1.82) is 0 Å². The summed E-state index contributed by atoms with van der Waals surface area (Å²) in [6, 6.07) is 5.48. The van der Waals surface area contributed by atoms with E-state index in [9.17, 15) is 9.59 Å². The Morgan fingerprint density at radius 1 is 1.29 bits per heavy atom. The quantitative estimate of drug-likeness (QED) is 0.772. The maximum absolute atomic E-state index is 12.8. The second kappa shape index (κ2) is 8.82. The molecule has 1 saturated carbocycles. The molecular weight excluding hydrogens is 372 g/mol. The zero-order valence-corrected chi connectivity index (χ0v) is 17.6. The van der Waals surface area contributed by atoms with Gasteiger partial charge in [0.1, 0.15) is 10.6 Å². The van der Waals surface area contributed by atoms with Crippen molar-refractivity contribution in [2.75, 3.05) is 0 Å². The van der Waals surface area contributed by atoms with Gasteiger partial charge in [-0.3, -0.25) is 9.59 Å². The van der Waals surface area contributed by atoms with Gasteiger partial charge in [0.05, 0.1) is 11.2 Å². The van der Waals surface area contributed by atoms with Gasteiger partial charge in [0, 0.05) is 17.3 Å². The third-order valence-corrected chi connectivity index (χ3v) is 6.17. The van der Waals surface area contributed by atoms with Gasteiger partial charge in [-0.2, -0.15) is 0 Å². The van der Waals surface area contributed by atoms with Gasteiger partial charge in [0.25, 0.3) is 11.8 Å². The van der Waals surface area contributed by atoms with Gasteiger partial charge in [-0.1, -0.05) is 19.4 Å². The van der Waals surface area contributed by atoms with Crippen LogP contribution < -0.4 is 10.6 Å². The third-order valence-electron chi connectivity index (χ3n) is 5.25. The van der Waals surface area contributed by atoms with E-state index in [-0.39, 0.29) is 23.4 Å². The average Bonchev–Trinajstić information content (AvgIpc) is 3.09. The lowest BCUT2D eigenvalue weighted by molar-refractivity contribution is 0.0820. The highest BCUT2D eigenvalue weighted by Crippen LogP contribution is 2.33. The number of aryl methyl sites for hydroxylation is 2. The van der Waals surface area contributed by atoms with Gasteiger partial charge in [-0.05, 0) is 58.1 Å². The topological polar surface area (TPSA) is 84.0 Å². The van der Waals surface area contributed by atoms with E-state index < -0.39 is 0 Å². The van der Waals surface area contributed by atoms with E-state index in [0.29, 0.717) is 10.6 Å². The van der Waals surface area contributed by atoms with Crippen LogP contribution in [0.5, 0.6) is 0 Å². The van der Waals surface area contributed by atoms with Gasteiger partial charge >= 0.3 is 0 Å². The number of pyridine rings is 1. The summed E-state index contributed by atoms with van der Waals surface area (Å²) in [5, 5.41) is 7.29. The summed E-state index contributed by atoms with van der Waals surface area (Å²) in [5.41, 5.74) is 0.972. The number of carbonyl (C=O) groups excluding carboxylic acids is 2. The Balaban J connectivity index is 1.70. The van der Waals surface area contributed by atoms with E-state index in [1.54, 1.807) is 12.3 Å². The number of amides is 2. The number of carbonyl (C=O) groups is 2. The van der Waals surface area contributed by atoms with Crippen LogP contribution in [0.3, 0.4) is 0 Å². The van der Waals surface area contributed by atoms with Crippen LogP contribution in [0.15, 0.2) is 24.4 Å². The molecule has 0 bridgehead atoms. The van der Waals surface area contributed by atoms with E-state index in [1.807, 2.05) is 26.0 Å². The summed E-state index contributed by atoms with van der Waals surface area (Å²) < 4.78 is 0. The van der Waals surface area contributed by atoms with Crippen molar-refractivity contribution in [3.63, 3.8) is 0 Å². The Labute approximate surface area is 170 Å². The van der Waals surface area contributed by atoms with Crippen molar-refractivity contribution in [1.82, 2.24) is 20.6 Å². The molecule has 2 N–H and O–H groups in total. The first-order valence-electron chi connectivity index (χ1n) is 9.90. The molecule has 0 aliphatic heterocycles. The molecule has 0 saturated heterocycles. The molecule has 0 spiro atoms. The van der Waals surface area contributed by atoms with Gasteiger partial charge in [-0.15, -0.1) is 11.3 Å². The average molecular weight is 401 g/mol. The van der Waals surface area contributed by atoms with Crippen LogP contribution in [-0.2, 0) is 0 Å². The third kappa shape index (κ3) is 4.95. The lowest BCUT2D eigenvalue weighted by atomic mass is 9.76. The second-order valence-electron chi connectivity index (χ2n) is 7.66. The van der Waals surface area contributed by atoms with Gasteiger partial charge < -0.3 is 10.6 Å². The van der Waals surface area contributed by atoms with Crippen molar-refractivity contribution in [3.8, 4) is 0 Å². The van der Waals surface area contributed by atoms with Crippen molar-refractivity contribution in [2.24, 2.45) is 0 Å². The highest BCUT2D eigenvalue weighted by Gasteiger charge is 2.38. The molecule has 2 aromatic heterocycles. The number of thiazole rings is 1. The minimum Gasteiger partial charge on any atom is -0.348 e. The lowest BCUT2D eigenvalue weighted by Crippen LogP contribution is -2.55. The van der Waals surface area contributed by atoms with E-state index in [2.05, 4.69) is 27.5 Å². The molecule has 6 nitrogen and oxygen atoms in total. The zero-order valence-electron chi connectivity index (χ0n) is 16.7. The van der Waals surface area contributed by atoms with Gasteiger partial charge in [-0.25, -0.2) is 9.97 Å². The molecule has 1 aliphatic rings. The molecule has 28 heavy (non-hydrogen) atoms. The van der Waals surface area contributed by atoms with Crippen LogP contribution in [-0.4, -0.2) is 33.4 Å². The predicted molar refractivity (Wildman–Crippen MR) is 111 cm³/mol. The van der Waals surface area contributed by atoms with E-state index in [0.717, 1.165) is 49.2 Å². The van der Waals surface area contributed by atoms with Crippen LogP contribution in [0, 0.1) is 13.8 Å². The highest BCUT2D eigenvalue weighted by molar-refractivity contribution is 7.13. The molecule has 7 heteroatoms. The molecule has 1 aliphatic carbocycles. The van der Waals surface area contributed by atoms with Gasteiger partial charge in [0.15, 0.2) is 0 Å². The summed E-state index contributed by atoms with van der Waals surface area (Å²) in [6.45, 7) is 5.90. The first kappa shape index (κ1) is 20.5. The maximum Gasteiger partial charge on any atom is 0.270 e. The second-order valence-corrected chi connectivity index (χ2v) is 8.89. The summed E-state index contributed by atoms with van der Waals surface area (Å²) in [7, 11) is 0. The maximum atomic E-state index is 12.8. The summed E-state index contributed by atoms with van der Waals surface area (Å²) in [6.07, 6.45) is 7.06. The number of nitrogens with zero attached hydrogens (tertiary/aromatic N) is 2. The van der Waals surface area contributed by atoms with Crippen molar-refractivity contribution in [2.45, 2.75) is 70.9 Å². The smallest absolute Gasteiger partial charge is 0.270 e. The molecule has 1 fully saturated rings. The first-order valence-corrected chi connectivity index (χ1v) is 10.7. The van der Waals surface area contributed by atoms with Crippen LogP contribution in [0.25, 0.3) is 0 Å². The Morgan fingerprint density at radius 3 is 2.79 bits per heavy atom. The molecule has 2 atom stereocenters. The Morgan fingerprint density at radius 2 is 2.11 bits per heavy atom. The van der Waals surface area contributed by atoms with Gasteiger partial charge in [0.2, 0.25) is 0 Å². The molecule has 0 radical (unpaired) electrons. The molecular formula is C21H28N4O2S. The number of rotatable bonds is 6. The summed E-state index contributed by atoms with van der Waals surface area (Å²) in [5.74, 6) is -0.211. The number of nitrogens with one attached hydrogen (secondary N) is 2. The fourth-order valence-corrected chi connectivity index (χ4v) is 4.74. The minimum atomic E-state index is -0.292. The lowest BCUT2D eigenvalue weighted by Gasteiger charge is -2.42. The Hall–Kier alpha value is -2.28. The van der Waals surface area contributed by atoms with Crippen molar-refractivity contribution < 1.29 is 9.59 Å². The molecule has 2 aromatic rings. The highest BCUT2D eigenvalue weighted by atomic mass is 32.1. The number of hydrogen-bond acceptors (Lipinski definition) is 5. The van der Waals surface area contributed by atoms with Crippen molar-refractivity contribution in [3.05, 3.63) is 45.7 Å². The normalized spacial score (nSPS) is 21.9. The standard InChI is InChI=1S/C21H28N4O2S/c1-4-10-21(25-20(27)18-13-22-15(3)28-18)11-6-8-16(12-21)24-19(26)17-9-5-7-14(2)23-17/h5,7,9,13,16H,4,6,8,10-12H2,1-3H3,(H,24,26)(H,25,27). The minimum absolute atomic E-state index is 0.0265. The molecule has 150 valence electrons. The van der Waals surface area contributed by atoms with E-state index in [1.165, 1.54) is 11.3 Å². The number of aromatic nitrogens is 2. The first-order chi connectivity index (χ1) is 13.4. The predicted octanol–water partition coefficient (Wildman–Crippen LogP) is 3.80.